The van der Waals surface area contributed by atoms with Gasteiger partial charge in [0.15, 0.2) is 0 Å². The van der Waals surface area contributed by atoms with Gasteiger partial charge >= 0.3 is 5.69 Å². The van der Waals surface area contributed by atoms with Gasteiger partial charge in [0.1, 0.15) is 17.3 Å². The van der Waals surface area contributed by atoms with Crippen LogP contribution in [0.15, 0.2) is 64.2 Å². The minimum absolute atomic E-state index is 0.0168. The van der Waals surface area contributed by atoms with Crippen LogP contribution in [0.4, 0.5) is 11.5 Å². The molecule has 0 aliphatic rings. The zero-order valence-corrected chi connectivity index (χ0v) is 19.0. The van der Waals surface area contributed by atoms with Crippen LogP contribution in [0.3, 0.4) is 0 Å². The molecule has 0 aliphatic carbocycles. The molecule has 7 heteroatoms. The van der Waals surface area contributed by atoms with E-state index in [9.17, 15) is 9.59 Å². The summed E-state index contributed by atoms with van der Waals surface area (Å²) in [6.07, 6.45) is 1.72. The Hall–Kier alpha value is -3.48. The lowest BCUT2D eigenvalue weighted by molar-refractivity contribution is 0.240. The number of para-hydroxylation sites is 1. The smallest absolute Gasteiger partial charge is 0.330 e. The van der Waals surface area contributed by atoms with Crippen LogP contribution in [0.25, 0.3) is 0 Å². The highest BCUT2D eigenvalue weighted by Crippen LogP contribution is 2.26. The molecule has 0 saturated carbocycles. The number of hydrogen-bond acceptors (Lipinski definition) is 5. The molecule has 1 aromatic heterocycles. The fraction of sp³-hybridized carbons (Fsp3) is 0.360. The molecule has 0 amide bonds. The number of nitrogens with two attached hydrogens (primary N) is 1. The van der Waals surface area contributed by atoms with E-state index in [4.69, 9.17) is 10.5 Å². The first-order valence-electron chi connectivity index (χ1n) is 11.1. The SMILES string of the molecule is CCCCn1c(N)c(N(Cc2ccccc2)Cc2ccccc2OC(C)C)c(=O)[nH]c1=O. The quantitative estimate of drug-likeness (QED) is 0.503. The summed E-state index contributed by atoms with van der Waals surface area (Å²) < 4.78 is 7.44. The maximum Gasteiger partial charge on any atom is 0.330 e. The number of hydrogen-bond donors (Lipinski definition) is 2. The molecule has 0 radical (unpaired) electrons. The summed E-state index contributed by atoms with van der Waals surface area (Å²) >= 11 is 0. The van der Waals surface area contributed by atoms with Gasteiger partial charge < -0.3 is 15.4 Å². The van der Waals surface area contributed by atoms with Crippen LogP contribution in [0, 0.1) is 0 Å². The second-order valence-electron chi connectivity index (χ2n) is 8.11. The number of benzene rings is 2. The Morgan fingerprint density at radius 3 is 2.41 bits per heavy atom. The van der Waals surface area contributed by atoms with Crippen molar-refractivity contribution in [3.05, 3.63) is 86.6 Å². The Bertz CT molecular complexity index is 1140. The van der Waals surface area contributed by atoms with Gasteiger partial charge in [0.05, 0.1) is 6.10 Å². The molecule has 3 aromatic rings. The number of unbranched alkanes of at least 4 members (excludes halogenated alkanes) is 1. The van der Waals surface area contributed by atoms with Crippen molar-refractivity contribution in [2.45, 2.75) is 59.4 Å². The molecule has 0 unspecified atom stereocenters. The fourth-order valence-corrected chi connectivity index (χ4v) is 3.65. The van der Waals surface area contributed by atoms with E-state index in [1.165, 1.54) is 4.57 Å². The van der Waals surface area contributed by atoms with Crippen molar-refractivity contribution >= 4 is 11.5 Å². The Labute approximate surface area is 188 Å². The molecule has 0 aliphatic heterocycles. The van der Waals surface area contributed by atoms with E-state index in [1.54, 1.807) is 0 Å². The molecule has 2 aromatic carbocycles. The minimum atomic E-state index is -0.488. The predicted octanol–water partition coefficient (Wildman–Crippen LogP) is 3.91. The molecule has 32 heavy (non-hydrogen) atoms. The lowest BCUT2D eigenvalue weighted by Gasteiger charge is -2.27. The average molecular weight is 437 g/mol. The summed E-state index contributed by atoms with van der Waals surface area (Å²) in [5.74, 6) is 0.945. The van der Waals surface area contributed by atoms with E-state index in [-0.39, 0.29) is 11.9 Å². The van der Waals surface area contributed by atoms with Crippen molar-refractivity contribution in [3.63, 3.8) is 0 Å². The summed E-state index contributed by atoms with van der Waals surface area (Å²) in [4.78, 5) is 29.7. The Morgan fingerprint density at radius 2 is 1.72 bits per heavy atom. The topological polar surface area (TPSA) is 93.3 Å². The second kappa shape index (κ2) is 10.7. The van der Waals surface area contributed by atoms with Gasteiger partial charge in [-0.05, 0) is 31.9 Å². The molecule has 1 heterocycles. The zero-order chi connectivity index (χ0) is 23.1. The number of rotatable bonds is 10. The Morgan fingerprint density at radius 1 is 1.03 bits per heavy atom. The maximum atomic E-state index is 12.9. The van der Waals surface area contributed by atoms with Crippen LogP contribution in [0.2, 0.25) is 0 Å². The highest BCUT2D eigenvalue weighted by atomic mass is 16.5. The number of aromatic amines is 1. The highest BCUT2D eigenvalue weighted by molar-refractivity contribution is 5.63. The monoisotopic (exact) mass is 436 g/mol. The number of ether oxygens (including phenoxy) is 1. The summed E-state index contributed by atoms with van der Waals surface area (Å²) in [6.45, 7) is 7.31. The van der Waals surface area contributed by atoms with Crippen molar-refractivity contribution in [2.24, 2.45) is 0 Å². The van der Waals surface area contributed by atoms with Gasteiger partial charge in [0.25, 0.3) is 5.56 Å². The number of anilines is 2. The normalized spacial score (nSPS) is 11.0. The van der Waals surface area contributed by atoms with Gasteiger partial charge in [-0.1, -0.05) is 61.9 Å². The zero-order valence-electron chi connectivity index (χ0n) is 19.0. The molecule has 170 valence electrons. The summed E-state index contributed by atoms with van der Waals surface area (Å²) in [6, 6.07) is 17.6. The molecule has 3 rings (SSSR count). The van der Waals surface area contributed by atoms with Crippen LogP contribution in [0.1, 0.15) is 44.7 Å². The largest absolute Gasteiger partial charge is 0.491 e. The van der Waals surface area contributed by atoms with E-state index < -0.39 is 11.2 Å². The first kappa shape index (κ1) is 23.2. The van der Waals surface area contributed by atoms with Crippen molar-refractivity contribution in [1.29, 1.82) is 0 Å². The molecule has 7 nitrogen and oxygen atoms in total. The summed E-state index contributed by atoms with van der Waals surface area (Å²) in [5.41, 5.74) is 7.71. The van der Waals surface area contributed by atoms with Crippen LogP contribution in [-0.2, 0) is 19.6 Å². The first-order valence-corrected chi connectivity index (χ1v) is 11.1. The van der Waals surface area contributed by atoms with Crippen molar-refractivity contribution in [2.75, 3.05) is 10.6 Å². The molecule has 3 N–H and O–H groups in total. The molecule has 0 saturated heterocycles. The number of nitrogen functional groups attached to an aromatic ring is 1. The number of nitrogens with one attached hydrogen (secondary N) is 1. The Balaban J connectivity index is 2.09. The molecule has 0 fully saturated rings. The highest BCUT2D eigenvalue weighted by Gasteiger charge is 2.21. The van der Waals surface area contributed by atoms with E-state index in [1.807, 2.05) is 80.3 Å². The van der Waals surface area contributed by atoms with Crippen LogP contribution >= 0.6 is 0 Å². The molecule has 0 atom stereocenters. The first-order chi connectivity index (χ1) is 15.4. The lowest BCUT2D eigenvalue weighted by Crippen LogP contribution is -2.38. The summed E-state index contributed by atoms with van der Waals surface area (Å²) in [7, 11) is 0. The van der Waals surface area contributed by atoms with E-state index in [0.29, 0.717) is 25.3 Å². The van der Waals surface area contributed by atoms with E-state index >= 15 is 0 Å². The third-order valence-corrected chi connectivity index (χ3v) is 5.18. The number of H-pyrrole nitrogens is 1. The maximum absolute atomic E-state index is 12.9. The van der Waals surface area contributed by atoms with Crippen molar-refractivity contribution in [1.82, 2.24) is 9.55 Å². The van der Waals surface area contributed by atoms with Crippen molar-refractivity contribution < 1.29 is 4.74 Å². The number of nitrogens with zero attached hydrogens (tertiary/aromatic N) is 2. The van der Waals surface area contributed by atoms with Gasteiger partial charge in [0, 0.05) is 25.2 Å². The summed E-state index contributed by atoms with van der Waals surface area (Å²) in [5, 5.41) is 0. The molecular weight excluding hydrogens is 404 g/mol. The van der Waals surface area contributed by atoms with E-state index in [0.717, 1.165) is 29.7 Å². The fourth-order valence-electron chi connectivity index (χ4n) is 3.65. The second-order valence-corrected chi connectivity index (χ2v) is 8.11. The third kappa shape index (κ3) is 5.60. The van der Waals surface area contributed by atoms with Gasteiger partial charge in [-0.2, -0.15) is 0 Å². The molecule has 0 spiro atoms. The van der Waals surface area contributed by atoms with Crippen LogP contribution in [-0.4, -0.2) is 15.7 Å². The lowest BCUT2D eigenvalue weighted by atomic mass is 10.1. The van der Waals surface area contributed by atoms with Crippen molar-refractivity contribution in [3.8, 4) is 5.75 Å². The standard InChI is InChI=1S/C25H32N4O3/c1-4-5-15-29-23(26)22(24(30)27-25(29)31)28(16-19-11-7-6-8-12-19)17-20-13-9-10-14-21(20)32-18(2)3/h6-14,18H,4-5,15-17,26H2,1-3H3,(H,27,30,31). The van der Waals surface area contributed by atoms with Crippen LogP contribution < -0.4 is 26.6 Å². The predicted molar refractivity (Wildman–Crippen MR) is 129 cm³/mol. The third-order valence-electron chi connectivity index (χ3n) is 5.18. The molecular formula is C25H32N4O3. The van der Waals surface area contributed by atoms with Gasteiger partial charge in [-0.15, -0.1) is 0 Å². The number of aromatic nitrogens is 2. The minimum Gasteiger partial charge on any atom is -0.491 e. The molecule has 0 bridgehead atoms. The van der Waals surface area contributed by atoms with Gasteiger partial charge in [-0.25, -0.2) is 4.79 Å². The van der Waals surface area contributed by atoms with E-state index in [2.05, 4.69) is 4.98 Å². The Kier molecular flexibility index (Phi) is 7.76. The average Bonchev–Trinajstić information content (AvgIpc) is 2.75. The van der Waals surface area contributed by atoms with Gasteiger partial charge in [0.2, 0.25) is 0 Å². The van der Waals surface area contributed by atoms with Crippen LogP contribution in [0.5, 0.6) is 5.75 Å². The van der Waals surface area contributed by atoms with Gasteiger partial charge in [-0.3, -0.25) is 14.3 Å².